The number of barbiturate groups is 1. The molecule has 0 spiro atoms. The fraction of sp³-hybridized carbons (Fsp3) is 0.179. The molecule has 0 aromatic heterocycles. The summed E-state index contributed by atoms with van der Waals surface area (Å²) in [6.07, 6.45) is 1.47. The minimum Gasteiger partial charge on any atom is -0.488 e. The van der Waals surface area contributed by atoms with E-state index in [4.69, 9.17) is 4.74 Å². The summed E-state index contributed by atoms with van der Waals surface area (Å²) in [5.41, 5.74) is 6.00. The number of hydrogen-bond donors (Lipinski definition) is 1. The molecule has 0 bridgehead atoms. The highest BCUT2D eigenvalue weighted by molar-refractivity contribution is 6.39. The fourth-order valence-electron chi connectivity index (χ4n) is 3.80. The van der Waals surface area contributed by atoms with E-state index < -0.39 is 17.8 Å². The number of imide groups is 2. The Morgan fingerprint density at radius 3 is 2.38 bits per heavy atom. The largest absolute Gasteiger partial charge is 0.488 e. The second-order valence-electron chi connectivity index (χ2n) is 8.42. The molecule has 34 heavy (non-hydrogen) atoms. The Hall–Kier alpha value is -4.19. The van der Waals surface area contributed by atoms with Gasteiger partial charge in [0.05, 0.1) is 5.69 Å². The SMILES string of the molecule is Cc1ccc(COc2ccccc2/C=C2\C(=O)NC(=O)N(c3cccc(C)c3C)C2=O)cc1C. The predicted octanol–water partition coefficient (Wildman–Crippen LogP) is 5.17. The molecule has 6 nitrogen and oxygen atoms in total. The summed E-state index contributed by atoms with van der Waals surface area (Å²) in [7, 11) is 0. The maximum atomic E-state index is 13.3. The van der Waals surface area contributed by atoms with Crippen molar-refractivity contribution in [2.24, 2.45) is 0 Å². The average molecular weight is 455 g/mol. The van der Waals surface area contributed by atoms with Gasteiger partial charge in [0.2, 0.25) is 0 Å². The van der Waals surface area contributed by atoms with Gasteiger partial charge in [-0.1, -0.05) is 48.5 Å². The molecule has 1 N–H and O–H groups in total. The van der Waals surface area contributed by atoms with Crippen LogP contribution in [0.5, 0.6) is 5.75 Å². The number of ether oxygens (including phenoxy) is 1. The standard InChI is InChI=1S/C28H26N2O4/c1-17-12-13-21(14-19(17)3)16-34-25-11-6-5-9-22(25)15-23-26(31)29-28(33)30(27(23)32)24-10-7-8-18(2)20(24)4/h5-15H,16H2,1-4H3,(H,29,31,33)/b23-15+. The normalized spacial score (nSPS) is 15.0. The van der Waals surface area contributed by atoms with Gasteiger partial charge in [0.25, 0.3) is 11.8 Å². The summed E-state index contributed by atoms with van der Waals surface area (Å²) in [6.45, 7) is 8.18. The van der Waals surface area contributed by atoms with E-state index >= 15 is 0 Å². The number of hydrogen-bond acceptors (Lipinski definition) is 4. The summed E-state index contributed by atoms with van der Waals surface area (Å²) >= 11 is 0. The third-order valence-electron chi connectivity index (χ3n) is 6.10. The zero-order valence-electron chi connectivity index (χ0n) is 19.6. The molecule has 1 aliphatic heterocycles. The molecule has 3 aromatic carbocycles. The van der Waals surface area contributed by atoms with Crippen LogP contribution in [-0.4, -0.2) is 17.8 Å². The van der Waals surface area contributed by atoms with Gasteiger partial charge in [0.1, 0.15) is 17.9 Å². The molecule has 0 aliphatic carbocycles. The quantitative estimate of drug-likeness (QED) is 0.427. The van der Waals surface area contributed by atoms with Crippen LogP contribution in [0, 0.1) is 27.7 Å². The lowest BCUT2D eigenvalue weighted by Crippen LogP contribution is -2.54. The van der Waals surface area contributed by atoms with Crippen molar-refractivity contribution in [3.8, 4) is 5.75 Å². The topological polar surface area (TPSA) is 75.7 Å². The molecule has 6 heteroatoms. The van der Waals surface area contributed by atoms with Crippen molar-refractivity contribution in [2.45, 2.75) is 34.3 Å². The van der Waals surface area contributed by atoms with Gasteiger partial charge in [-0.3, -0.25) is 14.9 Å². The van der Waals surface area contributed by atoms with Crippen LogP contribution < -0.4 is 15.0 Å². The number of nitrogens with one attached hydrogen (secondary N) is 1. The zero-order chi connectivity index (χ0) is 24.4. The van der Waals surface area contributed by atoms with Gasteiger partial charge in [-0.25, -0.2) is 9.69 Å². The van der Waals surface area contributed by atoms with E-state index in [1.807, 2.05) is 45.0 Å². The highest BCUT2D eigenvalue weighted by atomic mass is 16.5. The molecule has 4 rings (SSSR count). The molecule has 3 aromatic rings. The Kier molecular flexibility index (Phi) is 6.32. The number of anilines is 1. The van der Waals surface area contributed by atoms with Crippen molar-refractivity contribution in [2.75, 3.05) is 4.90 Å². The van der Waals surface area contributed by atoms with Gasteiger partial charge in [-0.15, -0.1) is 0 Å². The van der Waals surface area contributed by atoms with Crippen molar-refractivity contribution >= 4 is 29.6 Å². The van der Waals surface area contributed by atoms with Crippen LogP contribution in [0.1, 0.15) is 33.4 Å². The van der Waals surface area contributed by atoms with Crippen LogP contribution in [0.3, 0.4) is 0 Å². The van der Waals surface area contributed by atoms with Gasteiger partial charge in [0, 0.05) is 5.56 Å². The molecule has 4 amide bonds. The maximum Gasteiger partial charge on any atom is 0.335 e. The highest BCUT2D eigenvalue weighted by Gasteiger charge is 2.37. The molecule has 0 atom stereocenters. The van der Waals surface area contributed by atoms with Crippen LogP contribution in [0.25, 0.3) is 6.08 Å². The lowest BCUT2D eigenvalue weighted by Gasteiger charge is -2.28. The van der Waals surface area contributed by atoms with E-state index in [-0.39, 0.29) is 5.57 Å². The lowest BCUT2D eigenvalue weighted by atomic mass is 10.0. The van der Waals surface area contributed by atoms with Crippen LogP contribution in [0.2, 0.25) is 0 Å². The Bertz CT molecular complexity index is 1340. The molecule has 1 saturated heterocycles. The molecule has 0 unspecified atom stereocenters. The number of nitrogens with zero attached hydrogens (tertiary/aromatic N) is 1. The molecular weight excluding hydrogens is 428 g/mol. The fourth-order valence-corrected chi connectivity index (χ4v) is 3.80. The molecule has 1 heterocycles. The molecular formula is C28H26N2O4. The second kappa shape index (κ2) is 9.35. The summed E-state index contributed by atoms with van der Waals surface area (Å²) in [5.74, 6) is -0.879. The number of benzene rings is 3. The Morgan fingerprint density at radius 1 is 0.853 bits per heavy atom. The zero-order valence-corrected chi connectivity index (χ0v) is 19.6. The first kappa shape index (κ1) is 23.0. The van der Waals surface area contributed by atoms with E-state index in [1.54, 1.807) is 30.3 Å². The average Bonchev–Trinajstić information content (AvgIpc) is 2.80. The van der Waals surface area contributed by atoms with Gasteiger partial charge < -0.3 is 4.74 Å². The molecule has 1 aliphatic rings. The summed E-state index contributed by atoms with van der Waals surface area (Å²) < 4.78 is 6.03. The Labute approximate surface area is 198 Å². The Balaban J connectivity index is 1.66. The summed E-state index contributed by atoms with van der Waals surface area (Å²) in [4.78, 5) is 39.5. The van der Waals surface area contributed by atoms with Crippen molar-refractivity contribution in [3.63, 3.8) is 0 Å². The Morgan fingerprint density at radius 2 is 1.62 bits per heavy atom. The first-order chi connectivity index (χ1) is 16.3. The van der Waals surface area contributed by atoms with Crippen molar-refractivity contribution in [3.05, 3.63) is 99.6 Å². The van der Waals surface area contributed by atoms with E-state index in [9.17, 15) is 14.4 Å². The van der Waals surface area contributed by atoms with Crippen LogP contribution in [0.15, 0.2) is 66.2 Å². The number of carbonyl (C=O) groups is 3. The van der Waals surface area contributed by atoms with E-state index in [0.717, 1.165) is 21.6 Å². The summed E-state index contributed by atoms with van der Waals surface area (Å²) in [6, 6.07) is 17.9. The number of carbonyl (C=O) groups excluding carboxylic acids is 3. The predicted molar refractivity (Wildman–Crippen MR) is 132 cm³/mol. The minimum atomic E-state index is -0.764. The van der Waals surface area contributed by atoms with Gasteiger partial charge in [-0.2, -0.15) is 0 Å². The van der Waals surface area contributed by atoms with Gasteiger partial charge >= 0.3 is 6.03 Å². The smallest absolute Gasteiger partial charge is 0.335 e. The lowest BCUT2D eigenvalue weighted by molar-refractivity contribution is -0.122. The van der Waals surface area contributed by atoms with Crippen molar-refractivity contribution in [1.29, 1.82) is 0 Å². The molecule has 172 valence electrons. The molecule has 1 fully saturated rings. The number of para-hydroxylation sites is 1. The van der Waals surface area contributed by atoms with Gasteiger partial charge in [-0.05, 0) is 73.7 Å². The number of amides is 4. The molecule has 0 saturated carbocycles. The number of urea groups is 1. The monoisotopic (exact) mass is 454 g/mol. The van der Waals surface area contributed by atoms with Gasteiger partial charge in [0.15, 0.2) is 0 Å². The third-order valence-corrected chi connectivity index (χ3v) is 6.10. The van der Waals surface area contributed by atoms with E-state index in [0.29, 0.717) is 23.6 Å². The van der Waals surface area contributed by atoms with E-state index in [1.165, 1.54) is 17.2 Å². The maximum absolute atomic E-state index is 13.3. The van der Waals surface area contributed by atoms with Crippen LogP contribution in [-0.2, 0) is 16.2 Å². The van der Waals surface area contributed by atoms with Crippen molar-refractivity contribution in [1.82, 2.24) is 5.32 Å². The first-order valence-corrected chi connectivity index (χ1v) is 11.0. The number of aryl methyl sites for hydroxylation is 3. The molecule has 0 radical (unpaired) electrons. The highest BCUT2D eigenvalue weighted by Crippen LogP contribution is 2.29. The number of rotatable bonds is 5. The minimum absolute atomic E-state index is 0.136. The van der Waals surface area contributed by atoms with Crippen molar-refractivity contribution < 1.29 is 19.1 Å². The second-order valence-corrected chi connectivity index (χ2v) is 8.42. The summed E-state index contributed by atoms with van der Waals surface area (Å²) in [5, 5.41) is 2.28. The first-order valence-electron chi connectivity index (χ1n) is 11.0. The van der Waals surface area contributed by atoms with Crippen LogP contribution in [0.4, 0.5) is 10.5 Å². The van der Waals surface area contributed by atoms with Crippen LogP contribution >= 0.6 is 0 Å². The third kappa shape index (κ3) is 4.48. The van der Waals surface area contributed by atoms with E-state index in [2.05, 4.69) is 18.3 Å².